The van der Waals surface area contributed by atoms with Crippen LogP contribution in [0.15, 0.2) is 0 Å². The van der Waals surface area contributed by atoms with Crippen LogP contribution in [0.1, 0.15) is 39.5 Å². The van der Waals surface area contributed by atoms with Gasteiger partial charge in [0.25, 0.3) is 0 Å². The minimum Gasteiger partial charge on any atom is -0.434 e. The monoisotopic (exact) mass is 304 g/mol. The zero-order chi connectivity index (χ0) is 15.7. The summed E-state index contributed by atoms with van der Waals surface area (Å²) in [5, 5.41) is 8.55. The van der Waals surface area contributed by atoms with Crippen LogP contribution in [0.5, 0.6) is 0 Å². The first-order chi connectivity index (χ1) is 10.0. The Morgan fingerprint density at radius 3 is 2.19 bits per heavy atom. The predicted molar refractivity (Wildman–Crippen MR) is 72.8 cm³/mol. The second kappa shape index (κ2) is 9.44. The van der Waals surface area contributed by atoms with E-state index in [0.717, 1.165) is 12.8 Å². The van der Waals surface area contributed by atoms with E-state index in [2.05, 4.69) is 4.74 Å². The van der Waals surface area contributed by atoms with Gasteiger partial charge in [0.05, 0.1) is 13.2 Å². The Morgan fingerprint density at radius 1 is 1.10 bits per heavy atom. The molecular weight excluding hydrogens is 280 g/mol. The van der Waals surface area contributed by atoms with Gasteiger partial charge in [-0.2, -0.15) is 0 Å². The lowest BCUT2D eigenvalue weighted by Crippen LogP contribution is -2.32. The van der Waals surface area contributed by atoms with Crippen LogP contribution in [-0.4, -0.2) is 49.4 Å². The van der Waals surface area contributed by atoms with Crippen LogP contribution >= 0.6 is 0 Å². The summed E-state index contributed by atoms with van der Waals surface area (Å²) >= 11 is 0. The zero-order valence-electron chi connectivity index (χ0n) is 12.6. The van der Waals surface area contributed by atoms with Crippen LogP contribution in [0.2, 0.25) is 0 Å². The minimum absolute atomic E-state index is 0.0903. The SMILES string of the molecule is CC(C)COC(=O)OC1CCCC(OC(=O)OCCO)C1. The highest BCUT2D eigenvalue weighted by atomic mass is 16.7. The van der Waals surface area contributed by atoms with Crippen molar-refractivity contribution in [3.05, 3.63) is 0 Å². The Bertz CT molecular complexity index is 329. The van der Waals surface area contributed by atoms with E-state index >= 15 is 0 Å². The van der Waals surface area contributed by atoms with Gasteiger partial charge in [0.15, 0.2) is 0 Å². The molecule has 1 fully saturated rings. The van der Waals surface area contributed by atoms with Crippen molar-refractivity contribution < 1.29 is 33.6 Å². The Kier molecular flexibility index (Phi) is 7.89. The van der Waals surface area contributed by atoms with Gasteiger partial charge in [-0.15, -0.1) is 0 Å². The van der Waals surface area contributed by atoms with Gasteiger partial charge in [0.2, 0.25) is 0 Å². The van der Waals surface area contributed by atoms with Gasteiger partial charge >= 0.3 is 12.3 Å². The highest BCUT2D eigenvalue weighted by Gasteiger charge is 2.28. The number of rotatable bonds is 6. The molecule has 0 aromatic carbocycles. The molecule has 0 bridgehead atoms. The molecule has 7 heteroatoms. The van der Waals surface area contributed by atoms with Crippen molar-refractivity contribution in [1.82, 2.24) is 0 Å². The summed E-state index contributed by atoms with van der Waals surface area (Å²) in [6, 6.07) is 0. The topological polar surface area (TPSA) is 91.3 Å². The first kappa shape index (κ1) is 17.6. The number of carbonyl (C=O) groups excluding carboxylic acids is 2. The van der Waals surface area contributed by atoms with Crippen LogP contribution in [-0.2, 0) is 18.9 Å². The van der Waals surface area contributed by atoms with Gasteiger partial charge in [-0.3, -0.25) is 0 Å². The molecule has 7 nitrogen and oxygen atoms in total. The minimum atomic E-state index is -0.808. The van der Waals surface area contributed by atoms with E-state index in [9.17, 15) is 9.59 Å². The molecule has 0 aromatic rings. The van der Waals surface area contributed by atoms with Crippen molar-refractivity contribution >= 4 is 12.3 Å². The Balaban J connectivity index is 2.28. The number of hydrogen-bond donors (Lipinski definition) is 1. The van der Waals surface area contributed by atoms with Crippen LogP contribution in [0.4, 0.5) is 9.59 Å². The standard InChI is InChI=1S/C14H24O7/c1-10(2)9-19-14(17)21-12-5-3-4-11(8-12)20-13(16)18-7-6-15/h10-12,15H,3-9H2,1-2H3. The quantitative estimate of drug-likeness (QED) is 0.752. The third-order valence-electron chi connectivity index (χ3n) is 2.95. The molecule has 2 unspecified atom stereocenters. The van der Waals surface area contributed by atoms with Crippen molar-refractivity contribution in [3.8, 4) is 0 Å². The van der Waals surface area contributed by atoms with Crippen LogP contribution in [0, 0.1) is 5.92 Å². The molecule has 0 amide bonds. The van der Waals surface area contributed by atoms with E-state index < -0.39 is 12.3 Å². The third-order valence-corrected chi connectivity index (χ3v) is 2.95. The van der Waals surface area contributed by atoms with Crippen molar-refractivity contribution in [1.29, 1.82) is 0 Å². The maximum atomic E-state index is 11.5. The van der Waals surface area contributed by atoms with E-state index in [1.54, 1.807) is 0 Å². The second-order valence-electron chi connectivity index (χ2n) is 5.42. The average Bonchev–Trinajstić information content (AvgIpc) is 2.43. The summed E-state index contributed by atoms with van der Waals surface area (Å²) < 4.78 is 19.9. The fourth-order valence-electron chi connectivity index (χ4n) is 2.02. The van der Waals surface area contributed by atoms with Crippen LogP contribution < -0.4 is 0 Å². The highest BCUT2D eigenvalue weighted by Crippen LogP contribution is 2.24. The molecule has 1 aliphatic rings. The van der Waals surface area contributed by atoms with E-state index in [-0.39, 0.29) is 31.3 Å². The summed E-state index contributed by atoms with van der Waals surface area (Å²) in [5.74, 6) is 0.251. The van der Waals surface area contributed by atoms with Gasteiger partial charge < -0.3 is 24.1 Å². The normalized spacial score (nSPS) is 21.7. The Morgan fingerprint density at radius 2 is 1.67 bits per heavy atom. The lowest BCUT2D eigenvalue weighted by molar-refractivity contribution is -0.0381. The number of hydrogen-bond acceptors (Lipinski definition) is 7. The number of carbonyl (C=O) groups is 2. The first-order valence-electron chi connectivity index (χ1n) is 7.29. The number of ether oxygens (including phenoxy) is 4. The Hall–Kier alpha value is -1.50. The van der Waals surface area contributed by atoms with E-state index in [0.29, 0.717) is 19.4 Å². The molecule has 21 heavy (non-hydrogen) atoms. The first-order valence-corrected chi connectivity index (χ1v) is 7.29. The van der Waals surface area contributed by atoms with Crippen molar-refractivity contribution in [2.45, 2.75) is 51.7 Å². The summed E-state index contributed by atoms with van der Waals surface area (Å²) in [4.78, 5) is 22.8. The molecule has 1 N–H and O–H groups in total. The summed E-state index contributed by atoms with van der Waals surface area (Å²) in [6.07, 6.45) is 0.513. The molecule has 0 saturated heterocycles. The molecule has 1 rings (SSSR count). The van der Waals surface area contributed by atoms with Gasteiger partial charge in [0, 0.05) is 6.42 Å². The smallest absolute Gasteiger partial charge is 0.434 e. The summed E-state index contributed by atoms with van der Waals surface area (Å²) in [5.41, 5.74) is 0. The molecule has 1 saturated carbocycles. The predicted octanol–water partition coefficient (Wildman–Crippen LogP) is 2.25. The van der Waals surface area contributed by atoms with Gasteiger partial charge in [-0.05, 0) is 25.2 Å². The molecule has 1 aliphatic carbocycles. The highest BCUT2D eigenvalue weighted by molar-refractivity contribution is 5.60. The lowest BCUT2D eigenvalue weighted by Gasteiger charge is -2.28. The van der Waals surface area contributed by atoms with E-state index in [1.807, 2.05) is 13.8 Å². The van der Waals surface area contributed by atoms with E-state index in [4.69, 9.17) is 19.3 Å². The fourth-order valence-corrected chi connectivity index (χ4v) is 2.02. The third kappa shape index (κ3) is 7.75. The maximum absolute atomic E-state index is 11.5. The van der Waals surface area contributed by atoms with Gasteiger partial charge in [-0.25, -0.2) is 9.59 Å². The molecule has 0 heterocycles. The van der Waals surface area contributed by atoms with Crippen LogP contribution in [0.3, 0.4) is 0 Å². The molecule has 2 atom stereocenters. The fraction of sp³-hybridized carbons (Fsp3) is 0.857. The zero-order valence-corrected chi connectivity index (χ0v) is 12.6. The average molecular weight is 304 g/mol. The van der Waals surface area contributed by atoms with E-state index in [1.165, 1.54) is 0 Å². The second-order valence-corrected chi connectivity index (χ2v) is 5.42. The maximum Gasteiger partial charge on any atom is 0.508 e. The van der Waals surface area contributed by atoms with Gasteiger partial charge in [0.1, 0.15) is 18.8 Å². The molecular formula is C14H24O7. The van der Waals surface area contributed by atoms with Crippen LogP contribution in [0.25, 0.3) is 0 Å². The van der Waals surface area contributed by atoms with Crippen molar-refractivity contribution in [3.63, 3.8) is 0 Å². The number of aliphatic hydroxyl groups is 1. The largest absolute Gasteiger partial charge is 0.508 e. The Labute approximate surface area is 124 Å². The molecule has 0 aromatic heterocycles. The summed E-state index contributed by atoms with van der Waals surface area (Å²) in [7, 11) is 0. The molecule has 0 spiro atoms. The molecule has 0 radical (unpaired) electrons. The van der Waals surface area contributed by atoms with Gasteiger partial charge in [-0.1, -0.05) is 13.8 Å². The van der Waals surface area contributed by atoms with Crippen molar-refractivity contribution in [2.75, 3.05) is 19.8 Å². The van der Waals surface area contributed by atoms with Crippen molar-refractivity contribution in [2.24, 2.45) is 5.92 Å². The lowest BCUT2D eigenvalue weighted by atomic mass is 9.95. The molecule has 0 aliphatic heterocycles. The number of aliphatic hydroxyl groups excluding tert-OH is 1. The molecule has 122 valence electrons. The summed E-state index contributed by atoms with van der Waals surface area (Å²) in [6.45, 7) is 3.87.